The van der Waals surface area contributed by atoms with E-state index in [0.29, 0.717) is 4.31 Å². The van der Waals surface area contributed by atoms with Gasteiger partial charge >= 0.3 is 12.1 Å². The van der Waals surface area contributed by atoms with Crippen molar-refractivity contribution in [1.82, 2.24) is 14.9 Å². The van der Waals surface area contributed by atoms with Crippen LogP contribution in [0.2, 0.25) is 0 Å². The first-order chi connectivity index (χ1) is 15.3. The number of esters is 1. The molecule has 0 aromatic heterocycles. The highest BCUT2D eigenvalue weighted by Crippen LogP contribution is 2.29. The van der Waals surface area contributed by atoms with E-state index in [1.54, 1.807) is 24.3 Å². The third kappa shape index (κ3) is 5.40. The smallest absolute Gasteiger partial charge is 0.407 e. The highest BCUT2D eigenvalue weighted by Gasteiger charge is 2.41. The maximum atomic E-state index is 12.4. The number of fused-ring (bicyclic) bond motifs is 1. The summed E-state index contributed by atoms with van der Waals surface area (Å²) in [6.45, 7) is -1.83. The van der Waals surface area contributed by atoms with Crippen LogP contribution in [0.25, 0.3) is 0 Å². The summed E-state index contributed by atoms with van der Waals surface area (Å²) in [5.74, 6) is -2.48. The quantitative estimate of drug-likeness (QED) is 0.536. The molecule has 2 aromatic rings. The third-order valence-electron chi connectivity index (χ3n) is 4.29. The van der Waals surface area contributed by atoms with E-state index < -0.39 is 53.7 Å². The third-order valence-corrected chi connectivity index (χ3v) is 6.05. The van der Waals surface area contributed by atoms with Gasteiger partial charge in [-0.1, -0.05) is 42.5 Å². The van der Waals surface area contributed by atoms with Gasteiger partial charge in [0.05, 0.1) is 5.56 Å². The summed E-state index contributed by atoms with van der Waals surface area (Å²) in [5, 5.41) is 4.42. The fraction of sp³-hybridized carbons (Fsp3) is 0.200. The van der Waals surface area contributed by atoms with Crippen LogP contribution in [0.3, 0.4) is 0 Å². The van der Waals surface area contributed by atoms with Gasteiger partial charge in [0.15, 0.2) is 6.73 Å². The zero-order chi connectivity index (χ0) is 23.1. The minimum Gasteiger partial charge on any atom is -0.445 e. The fourth-order valence-electron chi connectivity index (χ4n) is 2.70. The SMILES string of the molecule is O=C(CNC(=O)OCc1ccccc1)NCC(=O)OCN1C(=O)c2ccccc2S1(=O)=O. The highest BCUT2D eigenvalue weighted by molar-refractivity contribution is 7.90. The van der Waals surface area contributed by atoms with E-state index in [4.69, 9.17) is 9.47 Å². The van der Waals surface area contributed by atoms with Gasteiger partial charge in [0.2, 0.25) is 5.91 Å². The zero-order valence-corrected chi connectivity index (χ0v) is 17.5. The van der Waals surface area contributed by atoms with Crippen molar-refractivity contribution in [2.75, 3.05) is 19.8 Å². The van der Waals surface area contributed by atoms with Crippen LogP contribution in [-0.4, -0.2) is 56.4 Å². The number of hydrogen-bond acceptors (Lipinski definition) is 8. The monoisotopic (exact) mass is 461 g/mol. The summed E-state index contributed by atoms with van der Waals surface area (Å²) in [7, 11) is -4.11. The molecule has 1 aliphatic rings. The second-order valence-electron chi connectivity index (χ2n) is 6.49. The van der Waals surface area contributed by atoms with Crippen molar-refractivity contribution in [3.05, 3.63) is 65.7 Å². The highest BCUT2D eigenvalue weighted by atomic mass is 32.2. The van der Waals surface area contributed by atoms with Crippen LogP contribution < -0.4 is 10.6 Å². The first-order valence-corrected chi connectivity index (χ1v) is 10.8. The lowest BCUT2D eigenvalue weighted by atomic mass is 10.2. The maximum Gasteiger partial charge on any atom is 0.407 e. The Kier molecular flexibility index (Phi) is 7.05. The topological polar surface area (TPSA) is 148 Å². The molecule has 0 unspecified atom stereocenters. The van der Waals surface area contributed by atoms with Crippen molar-refractivity contribution in [1.29, 1.82) is 0 Å². The lowest BCUT2D eigenvalue weighted by Gasteiger charge is -2.15. The molecule has 0 aliphatic carbocycles. The maximum absolute atomic E-state index is 12.4. The van der Waals surface area contributed by atoms with Gasteiger partial charge in [-0.25, -0.2) is 13.2 Å². The molecule has 11 nitrogen and oxygen atoms in total. The molecule has 168 valence electrons. The van der Waals surface area contributed by atoms with Crippen LogP contribution >= 0.6 is 0 Å². The van der Waals surface area contributed by atoms with Gasteiger partial charge in [-0.15, -0.1) is 0 Å². The van der Waals surface area contributed by atoms with E-state index in [0.717, 1.165) is 5.56 Å². The Hall–Kier alpha value is -3.93. The number of sulfonamides is 1. The van der Waals surface area contributed by atoms with Crippen molar-refractivity contribution in [3.8, 4) is 0 Å². The van der Waals surface area contributed by atoms with Crippen molar-refractivity contribution in [2.45, 2.75) is 11.5 Å². The van der Waals surface area contributed by atoms with Crippen LogP contribution in [0.5, 0.6) is 0 Å². The van der Waals surface area contributed by atoms with E-state index in [2.05, 4.69) is 10.6 Å². The van der Waals surface area contributed by atoms with Crippen molar-refractivity contribution >= 4 is 33.9 Å². The number of hydrogen-bond donors (Lipinski definition) is 2. The van der Waals surface area contributed by atoms with Gasteiger partial charge < -0.3 is 20.1 Å². The van der Waals surface area contributed by atoms with E-state index >= 15 is 0 Å². The molecule has 12 heteroatoms. The van der Waals surface area contributed by atoms with Crippen LogP contribution in [0.1, 0.15) is 15.9 Å². The molecule has 2 aromatic carbocycles. The second kappa shape index (κ2) is 9.92. The number of ether oxygens (including phenoxy) is 2. The van der Waals surface area contributed by atoms with Gasteiger partial charge in [0, 0.05) is 0 Å². The molecule has 2 N–H and O–H groups in total. The number of nitrogens with zero attached hydrogens (tertiary/aromatic N) is 1. The number of carbonyl (C=O) groups excluding carboxylic acids is 4. The molecular formula is C20H19N3O8S. The summed E-state index contributed by atoms with van der Waals surface area (Å²) in [6, 6.07) is 14.6. The summed E-state index contributed by atoms with van der Waals surface area (Å²) < 4.78 is 34.9. The first kappa shape index (κ1) is 22.7. The van der Waals surface area contributed by atoms with Crippen molar-refractivity contribution < 1.29 is 37.1 Å². The van der Waals surface area contributed by atoms with Gasteiger partial charge in [0.1, 0.15) is 24.6 Å². The van der Waals surface area contributed by atoms with Crippen LogP contribution in [-0.2, 0) is 35.7 Å². The lowest BCUT2D eigenvalue weighted by Crippen LogP contribution is -2.40. The minimum absolute atomic E-state index is 0.0120. The van der Waals surface area contributed by atoms with Crippen molar-refractivity contribution in [3.63, 3.8) is 0 Å². The molecule has 0 saturated carbocycles. The fourth-order valence-corrected chi connectivity index (χ4v) is 4.13. The van der Waals surface area contributed by atoms with Gasteiger partial charge in [-0.05, 0) is 17.7 Å². The van der Waals surface area contributed by atoms with Gasteiger partial charge in [-0.3, -0.25) is 14.4 Å². The molecule has 3 amide bonds. The van der Waals surface area contributed by atoms with E-state index in [1.807, 2.05) is 6.07 Å². The molecule has 0 bridgehead atoms. The molecule has 3 rings (SSSR count). The molecule has 0 radical (unpaired) electrons. The summed E-state index contributed by atoms with van der Waals surface area (Å²) in [4.78, 5) is 47.2. The predicted octanol–water partition coefficient (Wildman–Crippen LogP) is 0.374. The standard InChI is InChI=1S/C20H19N3O8S/c24-17(10-22-20(27)30-12-14-6-2-1-3-7-14)21-11-18(25)31-13-23-19(26)15-8-4-5-9-16(15)32(23,28)29/h1-9H,10-13H2,(H,21,24)(H,22,27). The number of amides is 3. The summed E-state index contributed by atoms with van der Waals surface area (Å²) >= 11 is 0. The van der Waals surface area contributed by atoms with E-state index in [1.165, 1.54) is 24.3 Å². The Morgan fingerprint density at radius 3 is 2.28 bits per heavy atom. The van der Waals surface area contributed by atoms with E-state index in [-0.39, 0.29) is 17.1 Å². The van der Waals surface area contributed by atoms with E-state index in [9.17, 15) is 27.6 Å². The van der Waals surface area contributed by atoms with Crippen LogP contribution in [0.15, 0.2) is 59.5 Å². The Bertz CT molecular complexity index is 1130. The molecule has 0 spiro atoms. The van der Waals surface area contributed by atoms with Crippen LogP contribution in [0, 0.1) is 0 Å². The minimum atomic E-state index is -4.11. The summed E-state index contributed by atoms with van der Waals surface area (Å²) in [6.07, 6.45) is -0.816. The molecule has 1 aliphatic heterocycles. The number of nitrogens with one attached hydrogen (secondary N) is 2. The average molecular weight is 461 g/mol. The zero-order valence-electron chi connectivity index (χ0n) is 16.6. The number of carbonyl (C=O) groups is 4. The Morgan fingerprint density at radius 1 is 0.875 bits per heavy atom. The molecule has 0 saturated heterocycles. The number of alkyl carbamates (subject to hydrolysis) is 1. The Balaban J connectivity index is 1.36. The number of benzene rings is 2. The predicted molar refractivity (Wildman–Crippen MR) is 108 cm³/mol. The molecule has 32 heavy (non-hydrogen) atoms. The average Bonchev–Trinajstić information content (AvgIpc) is 2.99. The summed E-state index contributed by atoms with van der Waals surface area (Å²) in [5.41, 5.74) is 0.763. The number of rotatable bonds is 8. The Morgan fingerprint density at radius 2 is 1.56 bits per heavy atom. The molecule has 0 fully saturated rings. The normalized spacial score (nSPS) is 13.8. The molecular weight excluding hydrogens is 442 g/mol. The van der Waals surface area contributed by atoms with Gasteiger partial charge in [-0.2, -0.15) is 4.31 Å². The largest absolute Gasteiger partial charge is 0.445 e. The Labute approximate surface area is 183 Å². The lowest BCUT2D eigenvalue weighted by molar-refractivity contribution is -0.145. The second-order valence-corrected chi connectivity index (χ2v) is 8.32. The molecule has 1 heterocycles. The molecule has 0 atom stereocenters. The van der Waals surface area contributed by atoms with Crippen molar-refractivity contribution in [2.24, 2.45) is 0 Å². The van der Waals surface area contributed by atoms with Crippen LogP contribution in [0.4, 0.5) is 4.79 Å². The first-order valence-electron chi connectivity index (χ1n) is 9.32. The van der Waals surface area contributed by atoms with Gasteiger partial charge in [0.25, 0.3) is 15.9 Å².